The highest BCUT2D eigenvalue weighted by atomic mass is 19.3. The number of nitrogens with two attached hydrogens (primary N) is 1. The second-order valence-corrected chi connectivity index (χ2v) is 4.32. The molecule has 0 saturated carbocycles. The van der Waals surface area contributed by atoms with Gasteiger partial charge < -0.3 is 15.8 Å². The fourth-order valence-corrected chi connectivity index (χ4v) is 1.52. The Bertz CT molecular complexity index is 475. The molecule has 110 valence electrons. The molecule has 0 aliphatic rings. The maximum absolute atomic E-state index is 12.2. The third kappa shape index (κ3) is 6.17. The molecule has 0 radical (unpaired) electrons. The van der Waals surface area contributed by atoms with E-state index in [0.29, 0.717) is 31.0 Å². The summed E-state index contributed by atoms with van der Waals surface area (Å²) in [5.41, 5.74) is 7.25. The van der Waals surface area contributed by atoms with Gasteiger partial charge in [0.25, 0.3) is 0 Å². The quantitative estimate of drug-likeness (QED) is 0.458. The molecule has 0 saturated heterocycles. The molecule has 1 aromatic carbocycles. The zero-order valence-corrected chi connectivity index (χ0v) is 11.4. The van der Waals surface area contributed by atoms with Crippen LogP contribution in [0, 0.1) is 0 Å². The molecule has 6 heteroatoms. The van der Waals surface area contributed by atoms with Crippen molar-refractivity contribution in [2.75, 3.05) is 13.1 Å². The Morgan fingerprint density at radius 1 is 1.45 bits per heavy atom. The maximum atomic E-state index is 12.2. The number of benzene rings is 1. The van der Waals surface area contributed by atoms with E-state index >= 15 is 0 Å². The van der Waals surface area contributed by atoms with Crippen molar-refractivity contribution in [3.8, 4) is 5.75 Å². The largest absolute Gasteiger partial charge is 0.435 e. The van der Waals surface area contributed by atoms with Crippen molar-refractivity contribution in [1.82, 2.24) is 5.32 Å². The molecule has 0 bridgehead atoms. The highest BCUT2D eigenvalue weighted by Gasteiger charge is 2.08. The molecule has 0 heterocycles. The second-order valence-electron chi connectivity index (χ2n) is 4.32. The van der Waals surface area contributed by atoms with E-state index in [1.54, 1.807) is 18.2 Å². The zero-order valence-electron chi connectivity index (χ0n) is 11.4. The number of halogens is 2. The van der Waals surface area contributed by atoms with Gasteiger partial charge in [0.15, 0.2) is 5.96 Å². The number of para-hydroxylation sites is 1. The highest BCUT2D eigenvalue weighted by molar-refractivity contribution is 5.77. The highest BCUT2D eigenvalue weighted by Crippen LogP contribution is 2.20. The third-order valence-corrected chi connectivity index (χ3v) is 2.41. The average Bonchev–Trinajstić information content (AvgIpc) is 2.38. The van der Waals surface area contributed by atoms with Crippen molar-refractivity contribution in [2.45, 2.75) is 20.0 Å². The SMILES string of the molecule is C=C(C)CN=C(N)NCCc1ccccc1OC(F)F. The molecule has 4 nitrogen and oxygen atoms in total. The Morgan fingerprint density at radius 2 is 2.15 bits per heavy atom. The van der Waals surface area contributed by atoms with Gasteiger partial charge in [0, 0.05) is 6.54 Å². The minimum atomic E-state index is -2.83. The van der Waals surface area contributed by atoms with Crippen molar-refractivity contribution in [2.24, 2.45) is 10.7 Å². The van der Waals surface area contributed by atoms with Crippen molar-refractivity contribution >= 4 is 5.96 Å². The van der Waals surface area contributed by atoms with E-state index in [2.05, 4.69) is 21.6 Å². The van der Waals surface area contributed by atoms with Gasteiger partial charge in [-0.3, -0.25) is 0 Å². The summed E-state index contributed by atoms with van der Waals surface area (Å²) in [5.74, 6) is 0.488. The van der Waals surface area contributed by atoms with Crippen LogP contribution < -0.4 is 15.8 Å². The van der Waals surface area contributed by atoms with Crippen LogP contribution in [-0.2, 0) is 6.42 Å². The Hall–Kier alpha value is -2.11. The molecule has 0 amide bonds. The van der Waals surface area contributed by atoms with E-state index in [1.165, 1.54) is 6.07 Å². The lowest BCUT2D eigenvalue weighted by Gasteiger charge is -2.11. The van der Waals surface area contributed by atoms with E-state index in [1.807, 2.05) is 6.92 Å². The van der Waals surface area contributed by atoms with Crippen molar-refractivity contribution in [3.05, 3.63) is 42.0 Å². The number of nitrogens with zero attached hydrogens (tertiary/aromatic N) is 1. The summed E-state index contributed by atoms with van der Waals surface area (Å²) >= 11 is 0. The molecule has 3 N–H and O–H groups in total. The summed E-state index contributed by atoms with van der Waals surface area (Å²) in [6.07, 6.45) is 0.506. The Kier molecular flexibility index (Phi) is 6.49. The van der Waals surface area contributed by atoms with E-state index in [-0.39, 0.29) is 5.75 Å². The van der Waals surface area contributed by atoms with Crippen LogP contribution in [0.4, 0.5) is 8.78 Å². The normalized spacial score (nSPS) is 11.5. The minimum Gasteiger partial charge on any atom is -0.435 e. The molecule has 1 aromatic rings. The smallest absolute Gasteiger partial charge is 0.387 e. The summed E-state index contributed by atoms with van der Waals surface area (Å²) in [7, 11) is 0. The minimum absolute atomic E-state index is 0.182. The number of ether oxygens (including phenoxy) is 1. The lowest BCUT2D eigenvalue weighted by molar-refractivity contribution is -0.0504. The monoisotopic (exact) mass is 283 g/mol. The van der Waals surface area contributed by atoms with Gasteiger partial charge in [-0.1, -0.05) is 30.4 Å². The van der Waals surface area contributed by atoms with Crippen LogP contribution in [0.1, 0.15) is 12.5 Å². The second kappa shape index (κ2) is 8.14. The van der Waals surface area contributed by atoms with Gasteiger partial charge in [0.05, 0.1) is 6.54 Å². The van der Waals surface area contributed by atoms with E-state index in [9.17, 15) is 8.78 Å². The van der Waals surface area contributed by atoms with Crippen LogP contribution in [-0.4, -0.2) is 25.7 Å². The van der Waals surface area contributed by atoms with Crippen LogP contribution >= 0.6 is 0 Å². The third-order valence-electron chi connectivity index (χ3n) is 2.41. The van der Waals surface area contributed by atoms with Crippen LogP contribution in [0.3, 0.4) is 0 Å². The zero-order chi connectivity index (χ0) is 15.0. The van der Waals surface area contributed by atoms with Gasteiger partial charge in [-0.05, 0) is 25.0 Å². The topological polar surface area (TPSA) is 59.6 Å². The first-order valence-electron chi connectivity index (χ1n) is 6.20. The summed E-state index contributed by atoms with van der Waals surface area (Å²) in [4.78, 5) is 4.06. The maximum Gasteiger partial charge on any atom is 0.387 e. The fraction of sp³-hybridized carbons (Fsp3) is 0.357. The Balaban J connectivity index is 2.49. The number of hydrogen-bond donors (Lipinski definition) is 2. The number of guanidine groups is 1. The fourth-order valence-electron chi connectivity index (χ4n) is 1.52. The van der Waals surface area contributed by atoms with Gasteiger partial charge >= 0.3 is 6.61 Å². The van der Waals surface area contributed by atoms with Crippen LogP contribution in [0.5, 0.6) is 5.75 Å². The van der Waals surface area contributed by atoms with Gasteiger partial charge in [-0.15, -0.1) is 0 Å². The lowest BCUT2D eigenvalue weighted by atomic mass is 10.1. The summed E-state index contributed by atoms with van der Waals surface area (Å²) in [5, 5.41) is 2.91. The van der Waals surface area contributed by atoms with Gasteiger partial charge in [-0.2, -0.15) is 8.78 Å². The summed E-state index contributed by atoms with van der Waals surface area (Å²) < 4.78 is 28.9. The van der Waals surface area contributed by atoms with Crippen LogP contribution in [0.15, 0.2) is 41.4 Å². The summed E-state index contributed by atoms with van der Waals surface area (Å²) in [6.45, 7) is 3.69. The van der Waals surface area contributed by atoms with E-state index in [0.717, 1.165) is 5.57 Å². The molecule has 0 atom stereocenters. The van der Waals surface area contributed by atoms with Crippen molar-refractivity contribution in [1.29, 1.82) is 0 Å². The van der Waals surface area contributed by atoms with E-state index in [4.69, 9.17) is 5.73 Å². The summed E-state index contributed by atoms with van der Waals surface area (Å²) in [6, 6.07) is 6.67. The van der Waals surface area contributed by atoms with Gasteiger partial charge in [0.2, 0.25) is 0 Å². The number of nitrogens with one attached hydrogen (secondary N) is 1. The van der Waals surface area contributed by atoms with Crippen molar-refractivity contribution in [3.63, 3.8) is 0 Å². The Morgan fingerprint density at radius 3 is 2.80 bits per heavy atom. The Labute approximate surface area is 117 Å². The predicted octanol–water partition coefficient (Wildman–Crippen LogP) is 2.31. The number of alkyl halides is 2. The standard InChI is InChI=1S/C14H19F2N3O/c1-10(2)9-19-14(17)18-8-7-11-5-3-4-6-12(11)20-13(15)16/h3-6,13H,1,7-9H2,2H3,(H3,17,18,19). The first-order valence-corrected chi connectivity index (χ1v) is 6.20. The molecule has 0 aliphatic heterocycles. The van der Waals surface area contributed by atoms with Gasteiger partial charge in [-0.25, -0.2) is 4.99 Å². The predicted molar refractivity (Wildman–Crippen MR) is 76.1 cm³/mol. The molecule has 0 aromatic heterocycles. The molecular formula is C14H19F2N3O. The van der Waals surface area contributed by atoms with E-state index < -0.39 is 6.61 Å². The molecular weight excluding hydrogens is 264 g/mol. The first-order chi connectivity index (χ1) is 9.49. The van der Waals surface area contributed by atoms with Crippen LogP contribution in [0.25, 0.3) is 0 Å². The molecule has 0 spiro atoms. The van der Waals surface area contributed by atoms with Gasteiger partial charge in [0.1, 0.15) is 5.75 Å². The molecule has 20 heavy (non-hydrogen) atoms. The number of aliphatic imine (C=N–C) groups is 1. The number of rotatable bonds is 7. The molecule has 0 aliphatic carbocycles. The van der Waals surface area contributed by atoms with Crippen molar-refractivity contribution < 1.29 is 13.5 Å². The first kappa shape index (κ1) is 15.9. The molecule has 0 unspecified atom stereocenters. The van der Waals surface area contributed by atoms with Crippen LogP contribution in [0.2, 0.25) is 0 Å². The molecule has 0 fully saturated rings. The average molecular weight is 283 g/mol. The number of hydrogen-bond acceptors (Lipinski definition) is 2. The lowest BCUT2D eigenvalue weighted by Crippen LogP contribution is -2.33. The molecule has 1 rings (SSSR count).